The van der Waals surface area contributed by atoms with Crippen molar-refractivity contribution in [3.8, 4) is 0 Å². The van der Waals surface area contributed by atoms with Crippen LogP contribution in [0, 0.1) is 51.2 Å². The number of hydrogen-bond donors (Lipinski definition) is 3. The van der Waals surface area contributed by atoms with E-state index in [2.05, 4.69) is 25.9 Å². The average molecular weight is 522 g/mol. The first-order valence-electron chi connectivity index (χ1n) is 15.1. The fraction of sp³-hybridized carbons (Fsp3) is 1.00. The molecule has 4 aliphatic carbocycles. The molecule has 5 rings (SSSR count). The highest BCUT2D eigenvalue weighted by Crippen LogP contribution is 2.68. The molecule has 0 amide bonds. The summed E-state index contributed by atoms with van der Waals surface area (Å²) in [6, 6.07) is -0.113. The van der Waals surface area contributed by atoms with Gasteiger partial charge in [0.05, 0.1) is 24.4 Å². The molecule has 7 heteroatoms. The van der Waals surface area contributed by atoms with E-state index in [1.165, 1.54) is 25.7 Å². The van der Waals surface area contributed by atoms with Crippen LogP contribution in [0.3, 0.4) is 0 Å². The summed E-state index contributed by atoms with van der Waals surface area (Å²) in [5, 5.41) is 34.7. The molecule has 0 radical (unpaired) electrons. The predicted molar refractivity (Wildman–Crippen MR) is 141 cm³/mol. The highest BCUT2D eigenvalue weighted by Gasteiger charge is 2.63. The van der Waals surface area contributed by atoms with Gasteiger partial charge in [0.1, 0.15) is 0 Å². The number of rotatable bonds is 7. The van der Waals surface area contributed by atoms with Crippen molar-refractivity contribution in [3.05, 3.63) is 4.91 Å². The van der Waals surface area contributed by atoms with Crippen molar-refractivity contribution in [2.75, 3.05) is 6.61 Å². The van der Waals surface area contributed by atoms with Crippen LogP contribution in [-0.4, -0.2) is 52.3 Å². The van der Waals surface area contributed by atoms with Gasteiger partial charge in [0, 0.05) is 6.42 Å². The average Bonchev–Trinajstić information content (AvgIpc) is 3.19. The highest BCUT2D eigenvalue weighted by molar-refractivity contribution is 5.13. The van der Waals surface area contributed by atoms with E-state index in [0.29, 0.717) is 61.4 Å². The SMILES string of the molecule is CC(CCC(O)OC1(C)CCOC(O)C1)C1CCC2C3C(N=O)CC4CC(O)CCC4(C)C3CCC12C. The first-order valence-corrected chi connectivity index (χ1v) is 15.1. The minimum atomic E-state index is -0.834. The summed E-state index contributed by atoms with van der Waals surface area (Å²) >= 11 is 0. The summed E-state index contributed by atoms with van der Waals surface area (Å²) in [5.74, 6) is 2.92. The number of nitrogens with zero attached hydrogens (tertiary/aromatic N) is 1. The van der Waals surface area contributed by atoms with Crippen molar-refractivity contribution in [1.29, 1.82) is 0 Å². The maximum Gasteiger partial charge on any atom is 0.157 e. The fourth-order valence-electron chi connectivity index (χ4n) is 10.3. The van der Waals surface area contributed by atoms with Crippen molar-refractivity contribution in [1.82, 2.24) is 0 Å². The lowest BCUT2D eigenvalue weighted by Gasteiger charge is -2.62. The van der Waals surface area contributed by atoms with Crippen LogP contribution in [0.2, 0.25) is 0 Å². The minimum absolute atomic E-state index is 0.113. The van der Waals surface area contributed by atoms with Gasteiger partial charge >= 0.3 is 0 Å². The quantitative estimate of drug-likeness (QED) is 0.306. The Bertz CT molecular complexity index is 826. The third-order valence-electron chi connectivity index (χ3n) is 12.4. The van der Waals surface area contributed by atoms with Gasteiger partial charge in [0.2, 0.25) is 0 Å². The summed E-state index contributed by atoms with van der Waals surface area (Å²) in [6.07, 6.45) is 9.09. The lowest BCUT2D eigenvalue weighted by molar-refractivity contribution is -0.245. The van der Waals surface area contributed by atoms with Crippen molar-refractivity contribution in [3.63, 3.8) is 0 Å². The van der Waals surface area contributed by atoms with E-state index in [9.17, 15) is 20.2 Å². The van der Waals surface area contributed by atoms with E-state index < -0.39 is 18.2 Å². The molecule has 5 fully saturated rings. The van der Waals surface area contributed by atoms with Crippen LogP contribution in [0.5, 0.6) is 0 Å². The van der Waals surface area contributed by atoms with Gasteiger partial charge in [-0.1, -0.05) is 25.9 Å². The molecule has 0 bridgehead atoms. The minimum Gasteiger partial charge on any atom is -0.393 e. The molecule has 0 aromatic rings. The zero-order valence-electron chi connectivity index (χ0n) is 23.5. The van der Waals surface area contributed by atoms with E-state index in [4.69, 9.17) is 9.47 Å². The predicted octanol–water partition coefficient (Wildman–Crippen LogP) is 5.39. The van der Waals surface area contributed by atoms with Gasteiger partial charge in [-0.2, -0.15) is 4.91 Å². The van der Waals surface area contributed by atoms with E-state index in [1.54, 1.807) is 0 Å². The van der Waals surface area contributed by atoms with Crippen LogP contribution in [0.15, 0.2) is 5.18 Å². The van der Waals surface area contributed by atoms with Gasteiger partial charge in [-0.3, -0.25) is 0 Å². The molecule has 0 spiro atoms. The molecule has 1 saturated heterocycles. The Kier molecular flexibility index (Phi) is 7.87. The lowest BCUT2D eigenvalue weighted by atomic mass is 9.43. The Morgan fingerprint density at radius 1 is 0.973 bits per heavy atom. The van der Waals surface area contributed by atoms with Gasteiger partial charge in [0.15, 0.2) is 12.6 Å². The van der Waals surface area contributed by atoms with Crippen LogP contribution < -0.4 is 0 Å². The zero-order chi connectivity index (χ0) is 26.6. The molecule has 7 nitrogen and oxygen atoms in total. The number of nitroso groups, excluding NO2 is 1. The second-order valence-corrected chi connectivity index (χ2v) is 14.4. The largest absolute Gasteiger partial charge is 0.393 e. The van der Waals surface area contributed by atoms with E-state index in [-0.39, 0.29) is 23.0 Å². The first-order chi connectivity index (χ1) is 17.5. The van der Waals surface area contributed by atoms with Crippen molar-refractivity contribution >= 4 is 0 Å². The third-order valence-corrected chi connectivity index (χ3v) is 12.4. The molecular formula is C30H51NO6. The first kappa shape index (κ1) is 27.9. The highest BCUT2D eigenvalue weighted by atomic mass is 16.6. The topological polar surface area (TPSA) is 109 Å². The molecule has 4 saturated carbocycles. The van der Waals surface area contributed by atoms with E-state index >= 15 is 0 Å². The van der Waals surface area contributed by atoms with E-state index in [1.807, 2.05) is 6.92 Å². The third kappa shape index (κ3) is 5.05. The maximum atomic E-state index is 12.2. The Hall–Kier alpha value is -0.600. The Labute approximate surface area is 223 Å². The summed E-state index contributed by atoms with van der Waals surface area (Å²) in [4.78, 5) is 12.2. The zero-order valence-corrected chi connectivity index (χ0v) is 23.5. The van der Waals surface area contributed by atoms with Crippen molar-refractivity contribution in [2.24, 2.45) is 51.5 Å². The van der Waals surface area contributed by atoms with Gasteiger partial charge in [-0.15, -0.1) is 0 Å². The monoisotopic (exact) mass is 521 g/mol. The van der Waals surface area contributed by atoms with Crippen LogP contribution in [-0.2, 0) is 9.47 Å². The van der Waals surface area contributed by atoms with Crippen LogP contribution in [0.1, 0.15) is 105 Å². The smallest absolute Gasteiger partial charge is 0.157 e. The summed E-state index contributed by atoms with van der Waals surface area (Å²) in [5.41, 5.74) is -0.112. The molecule has 1 aliphatic heterocycles. The maximum absolute atomic E-state index is 12.2. The standard InChI is InChI=1S/C30H51NO6/c1-18(5-8-25(33)37-28(2)13-14-36-26(34)17-28)21-6-7-22-27-23(10-12-30(21,22)4)29(3)11-9-20(32)15-19(29)16-24(27)31-35/h18-27,32-34H,5-17H2,1-4H3. The second kappa shape index (κ2) is 10.4. The molecule has 37 heavy (non-hydrogen) atoms. The van der Waals surface area contributed by atoms with Crippen LogP contribution in [0.25, 0.3) is 0 Å². The molecule has 13 atom stereocenters. The molecule has 0 aromatic heterocycles. The number of hydrogen-bond acceptors (Lipinski definition) is 7. The number of aliphatic hydroxyl groups is 3. The van der Waals surface area contributed by atoms with Gasteiger partial charge < -0.3 is 24.8 Å². The van der Waals surface area contributed by atoms with Crippen molar-refractivity contribution in [2.45, 2.75) is 135 Å². The van der Waals surface area contributed by atoms with Crippen LogP contribution >= 0.6 is 0 Å². The molecule has 0 aromatic carbocycles. The Balaban J connectivity index is 1.24. The number of aliphatic hydroxyl groups excluding tert-OH is 3. The Morgan fingerprint density at radius 3 is 2.43 bits per heavy atom. The fourth-order valence-corrected chi connectivity index (χ4v) is 10.3. The number of fused-ring (bicyclic) bond motifs is 5. The molecular weight excluding hydrogens is 470 g/mol. The van der Waals surface area contributed by atoms with Crippen molar-refractivity contribution < 1.29 is 24.8 Å². The number of ether oxygens (including phenoxy) is 2. The lowest BCUT2D eigenvalue weighted by Crippen LogP contribution is -2.58. The van der Waals surface area contributed by atoms with E-state index in [0.717, 1.165) is 32.1 Å². The van der Waals surface area contributed by atoms with Crippen LogP contribution in [0.4, 0.5) is 0 Å². The summed E-state index contributed by atoms with van der Waals surface area (Å²) in [7, 11) is 0. The summed E-state index contributed by atoms with van der Waals surface area (Å²) < 4.78 is 11.2. The summed E-state index contributed by atoms with van der Waals surface area (Å²) in [6.45, 7) is 9.68. The molecule has 5 aliphatic rings. The Morgan fingerprint density at radius 2 is 1.70 bits per heavy atom. The molecule has 1 heterocycles. The molecule has 212 valence electrons. The normalized spacial score (nSPS) is 51.4. The molecule has 3 N–H and O–H groups in total. The van der Waals surface area contributed by atoms with Gasteiger partial charge in [-0.25, -0.2) is 0 Å². The van der Waals surface area contributed by atoms with Gasteiger partial charge in [0.25, 0.3) is 0 Å². The molecule has 13 unspecified atom stereocenters. The second-order valence-electron chi connectivity index (χ2n) is 14.4. The van der Waals surface area contributed by atoms with Gasteiger partial charge in [-0.05, 0) is 124 Å².